The Kier molecular flexibility index (Phi) is 7.38. The topological polar surface area (TPSA) is 50.1 Å². The van der Waals surface area contributed by atoms with Crippen molar-refractivity contribution in [1.29, 1.82) is 0 Å². The van der Waals surface area contributed by atoms with Crippen LogP contribution in [0.25, 0.3) is 16.6 Å². The second kappa shape index (κ2) is 10.2. The van der Waals surface area contributed by atoms with Gasteiger partial charge in [-0.25, -0.2) is 9.78 Å². The maximum absolute atomic E-state index is 13.9. The van der Waals surface area contributed by atoms with E-state index in [1.807, 2.05) is 30.5 Å². The molecular formula is C26H30F4N4O2. The highest BCUT2D eigenvalue weighted by molar-refractivity contribution is 5.95. The lowest BCUT2D eigenvalue weighted by molar-refractivity contribution is -0.149. The molecule has 6 nitrogen and oxygen atoms in total. The Morgan fingerprint density at radius 3 is 2.42 bits per heavy atom. The molecule has 1 saturated heterocycles. The molecule has 1 aliphatic heterocycles. The molecule has 10 heteroatoms. The van der Waals surface area contributed by atoms with Gasteiger partial charge in [0.25, 0.3) is 0 Å². The Labute approximate surface area is 207 Å². The van der Waals surface area contributed by atoms with Gasteiger partial charge in [0, 0.05) is 61.9 Å². The van der Waals surface area contributed by atoms with Crippen molar-refractivity contribution in [1.82, 2.24) is 19.2 Å². The Morgan fingerprint density at radius 1 is 1.11 bits per heavy atom. The molecule has 4 rings (SSSR count). The van der Waals surface area contributed by atoms with Crippen LogP contribution >= 0.6 is 0 Å². The number of carbonyl (C=O) groups excluding carboxylic acids is 1. The molecule has 0 bridgehead atoms. The van der Waals surface area contributed by atoms with Crippen molar-refractivity contribution < 1.29 is 27.1 Å². The minimum atomic E-state index is -4.23. The molecule has 0 saturated carbocycles. The molecule has 36 heavy (non-hydrogen) atoms. The van der Waals surface area contributed by atoms with Crippen LogP contribution in [-0.2, 0) is 4.74 Å². The molecule has 1 unspecified atom stereocenters. The average molecular weight is 507 g/mol. The number of nitrogens with zero attached hydrogens (tertiary/aromatic N) is 4. The van der Waals surface area contributed by atoms with Crippen LogP contribution < -0.4 is 0 Å². The number of hydrogen-bond donors (Lipinski definition) is 0. The number of fused-ring (bicyclic) bond motifs is 1. The number of aromatic nitrogens is 2. The van der Waals surface area contributed by atoms with Crippen molar-refractivity contribution >= 4 is 11.5 Å². The summed E-state index contributed by atoms with van der Waals surface area (Å²) in [7, 11) is 0. The van der Waals surface area contributed by atoms with E-state index < -0.39 is 24.6 Å². The number of hydrogen-bond acceptors (Lipinski definition) is 5. The second-order valence-corrected chi connectivity index (χ2v) is 9.48. The maximum Gasteiger partial charge on any atom is 0.401 e. The lowest BCUT2D eigenvalue weighted by atomic mass is 9.99. The minimum absolute atomic E-state index is 0.193. The van der Waals surface area contributed by atoms with Crippen LogP contribution in [0.15, 0.2) is 36.7 Å². The molecule has 3 aromatic rings. The third-order valence-electron chi connectivity index (χ3n) is 6.61. The summed E-state index contributed by atoms with van der Waals surface area (Å²) in [5.41, 5.74) is 4.05. The van der Waals surface area contributed by atoms with Crippen molar-refractivity contribution in [3.8, 4) is 11.1 Å². The van der Waals surface area contributed by atoms with Crippen LogP contribution in [0.2, 0.25) is 0 Å². The van der Waals surface area contributed by atoms with Crippen molar-refractivity contribution in [3.05, 3.63) is 59.4 Å². The Hall–Kier alpha value is -2.98. The summed E-state index contributed by atoms with van der Waals surface area (Å²) in [5.74, 6) is -1.06. The molecule has 0 amide bonds. The van der Waals surface area contributed by atoms with Crippen LogP contribution in [-0.4, -0.2) is 70.2 Å². The molecule has 0 N–H and O–H groups in total. The maximum atomic E-state index is 13.9. The van der Waals surface area contributed by atoms with Crippen LogP contribution in [0.4, 0.5) is 17.6 Å². The Bertz CT molecular complexity index is 1250. The molecule has 1 fully saturated rings. The second-order valence-electron chi connectivity index (χ2n) is 9.48. The van der Waals surface area contributed by atoms with E-state index in [1.165, 1.54) is 17.2 Å². The summed E-state index contributed by atoms with van der Waals surface area (Å²) in [5, 5.41) is 0. The third-order valence-corrected chi connectivity index (χ3v) is 6.61. The molecule has 1 atom stereocenters. The molecule has 0 spiro atoms. The van der Waals surface area contributed by atoms with Crippen LogP contribution in [0.5, 0.6) is 0 Å². The van der Waals surface area contributed by atoms with Crippen molar-refractivity contribution in [2.45, 2.75) is 46.0 Å². The summed E-state index contributed by atoms with van der Waals surface area (Å²) in [6, 6.07) is 6.46. The van der Waals surface area contributed by atoms with Gasteiger partial charge < -0.3 is 9.14 Å². The largest absolute Gasteiger partial charge is 0.459 e. The molecule has 0 aromatic carbocycles. The van der Waals surface area contributed by atoms with E-state index in [-0.39, 0.29) is 12.1 Å². The number of alkyl halides is 3. The first-order chi connectivity index (χ1) is 16.9. The Morgan fingerprint density at radius 2 is 1.81 bits per heavy atom. The molecule has 3 aromatic heterocycles. The molecule has 4 heterocycles. The highest BCUT2D eigenvalue weighted by Gasteiger charge is 2.34. The number of esters is 1. The highest BCUT2D eigenvalue weighted by Crippen LogP contribution is 2.34. The number of pyridine rings is 2. The van der Waals surface area contributed by atoms with E-state index in [2.05, 4.69) is 9.88 Å². The van der Waals surface area contributed by atoms with E-state index in [9.17, 15) is 22.4 Å². The predicted molar refractivity (Wildman–Crippen MR) is 128 cm³/mol. The molecule has 1 aliphatic rings. The summed E-state index contributed by atoms with van der Waals surface area (Å²) >= 11 is 0. The van der Waals surface area contributed by atoms with Gasteiger partial charge in [0.15, 0.2) is 0 Å². The summed E-state index contributed by atoms with van der Waals surface area (Å²) < 4.78 is 59.9. The highest BCUT2D eigenvalue weighted by atomic mass is 19.4. The normalized spacial score (nSPS) is 16.6. The van der Waals surface area contributed by atoms with Crippen molar-refractivity contribution in [3.63, 3.8) is 0 Å². The summed E-state index contributed by atoms with van der Waals surface area (Å²) in [6.07, 6.45) is -1.27. The number of ether oxygens (including phenoxy) is 1. The van der Waals surface area contributed by atoms with Crippen LogP contribution in [0, 0.1) is 12.9 Å². The fraction of sp³-hybridized carbons (Fsp3) is 0.462. The quantitative estimate of drug-likeness (QED) is 0.260. The van der Waals surface area contributed by atoms with Gasteiger partial charge in [0.05, 0.1) is 23.7 Å². The first kappa shape index (κ1) is 26.1. The zero-order chi connectivity index (χ0) is 26.2. The van der Waals surface area contributed by atoms with Gasteiger partial charge in [0.2, 0.25) is 5.95 Å². The third kappa shape index (κ3) is 5.54. The van der Waals surface area contributed by atoms with Gasteiger partial charge in [-0.3, -0.25) is 9.80 Å². The lowest BCUT2D eigenvalue weighted by Crippen LogP contribution is -2.49. The number of halogens is 4. The van der Waals surface area contributed by atoms with Crippen LogP contribution in [0.1, 0.15) is 48.4 Å². The number of carbonyl (C=O) groups is 1. The summed E-state index contributed by atoms with van der Waals surface area (Å²) in [4.78, 5) is 20.2. The monoisotopic (exact) mass is 506 g/mol. The van der Waals surface area contributed by atoms with Gasteiger partial charge in [-0.15, -0.1) is 0 Å². The predicted octanol–water partition coefficient (Wildman–Crippen LogP) is 5.25. The molecule has 0 radical (unpaired) electrons. The van der Waals surface area contributed by atoms with Gasteiger partial charge in [-0.05, 0) is 57.0 Å². The first-order valence-corrected chi connectivity index (χ1v) is 11.9. The van der Waals surface area contributed by atoms with E-state index in [0.29, 0.717) is 42.8 Å². The first-order valence-electron chi connectivity index (χ1n) is 11.9. The lowest BCUT2D eigenvalue weighted by Gasteiger charge is -2.39. The molecule has 194 valence electrons. The molecular weight excluding hydrogens is 476 g/mol. The van der Waals surface area contributed by atoms with E-state index in [4.69, 9.17) is 4.74 Å². The van der Waals surface area contributed by atoms with Gasteiger partial charge >= 0.3 is 12.1 Å². The van der Waals surface area contributed by atoms with Crippen molar-refractivity contribution in [2.24, 2.45) is 0 Å². The van der Waals surface area contributed by atoms with Gasteiger partial charge in [-0.2, -0.15) is 17.6 Å². The van der Waals surface area contributed by atoms with E-state index in [0.717, 1.165) is 16.8 Å². The number of piperazine rings is 1. The SMILES string of the molecule is Cc1c(C(=O)OC(C)C)cc2c(-c3ccnc(F)c3)ccn2c1C(C)N1CCN(CC(F)(F)F)CC1. The smallest absolute Gasteiger partial charge is 0.401 e. The zero-order valence-electron chi connectivity index (χ0n) is 20.8. The minimum Gasteiger partial charge on any atom is -0.459 e. The fourth-order valence-electron chi connectivity index (χ4n) is 4.92. The van der Waals surface area contributed by atoms with Gasteiger partial charge in [-0.1, -0.05) is 0 Å². The average Bonchev–Trinajstić information content (AvgIpc) is 3.20. The zero-order valence-corrected chi connectivity index (χ0v) is 20.8. The standard InChI is InChI=1S/C26H30F4N4O2/c1-16(2)36-25(35)21-14-22-20(19-5-7-31-23(27)13-19)6-8-34(22)24(17(21)3)18(4)33-11-9-32(10-12-33)15-26(28,29)30/h5-8,13-14,16,18H,9-12,15H2,1-4H3. The number of rotatable bonds is 6. The van der Waals surface area contributed by atoms with Crippen LogP contribution in [0.3, 0.4) is 0 Å². The van der Waals surface area contributed by atoms with E-state index in [1.54, 1.807) is 26.0 Å². The van der Waals surface area contributed by atoms with E-state index >= 15 is 0 Å². The van der Waals surface area contributed by atoms with Gasteiger partial charge in [0.1, 0.15) is 0 Å². The Balaban J connectivity index is 1.76. The fourth-order valence-corrected chi connectivity index (χ4v) is 4.92. The molecule has 0 aliphatic carbocycles. The van der Waals surface area contributed by atoms with Crippen molar-refractivity contribution in [2.75, 3.05) is 32.7 Å². The summed E-state index contributed by atoms with van der Waals surface area (Å²) in [6.45, 7) is 8.00.